The molecule has 3 heteroatoms. The molecule has 110 valence electrons. The number of anilines is 1. The zero-order valence-electron chi connectivity index (χ0n) is 12.6. The van der Waals surface area contributed by atoms with Crippen LogP contribution in [0, 0.1) is 0 Å². The Morgan fingerprint density at radius 1 is 1.30 bits per heavy atom. The summed E-state index contributed by atoms with van der Waals surface area (Å²) < 4.78 is 6.15. The van der Waals surface area contributed by atoms with Gasteiger partial charge in [0.05, 0.1) is 11.7 Å². The van der Waals surface area contributed by atoms with Crippen molar-refractivity contribution in [3.8, 4) is 0 Å². The van der Waals surface area contributed by atoms with Gasteiger partial charge in [0, 0.05) is 24.8 Å². The van der Waals surface area contributed by atoms with E-state index in [4.69, 9.17) is 10.5 Å². The molecule has 20 heavy (non-hydrogen) atoms. The molecular formula is C17H26N2O. The van der Waals surface area contributed by atoms with Crippen molar-refractivity contribution in [1.82, 2.24) is 4.90 Å². The van der Waals surface area contributed by atoms with E-state index in [2.05, 4.69) is 30.9 Å². The molecule has 1 saturated heterocycles. The highest BCUT2D eigenvalue weighted by Crippen LogP contribution is 2.33. The van der Waals surface area contributed by atoms with Gasteiger partial charge in [0.15, 0.2) is 0 Å². The van der Waals surface area contributed by atoms with E-state index in [-0.39, 0.29) is 5.60 Å². The lowest BCUT2D eigenvalue weighted by Gasteiger charge is -2.27. The van der Waals surface area contributed by atoms with Crippen LogP contribution in [-0.4, -0.2) is 29.2 Å². The normalized spacial score (nSPS) is 25.2. The molecule has 0 aromatic heterocycles. The third kappa shape index (κ3) is 3.53. The lowest BCUT2D eigenvalue weighted by atomic mass is 10.1. The zero-order chi connectivity index (χ0) is 14.2. The second-order valence-electron chi connectivity index (χ2n) is 6.94. The molecule has 1 atom stereocenters. The first-order valence-corrected chi connectivity index (χ1v) is 7.78. The summed E-state index contributed by atoms with van der Waals surface area (Å²) in [6.45, 7) is 6.46. The standard InChI is InChI=1S/C17H26N2O/c1-17(2)9-8-16(20-17)12-19(15-6-7-15)11-13-4-3-5-14(18)10-13/h3-5,10,15-16H,6-9,11-12,18H2,1-2H3. The molecule has 1 saturated carbocycles. The van der Waals surface area contributed by atoms with Gasteiger partial charge in [-0.2, -0.15) is 0 Å². The fourth-order valence-corrected chi connectivity index (χ4v) is 3.18. The highest BCUT2D eigenvalue weighted by molar-refractivity contribution is 5.40. The quantitative estimate of drug-likeness (QED) is 0.838. The van der Waals surface area contributed by atoms with Gasteiger partial charge >= 0.3 is 0 Å². The minimum absolute atomic E-state index is 0.0665. The number of nitrogen functional groups attached to an aromatic ring is 1. The third-order valence-electron chi connectivity index (χ3n) is 4.39. The van der Waals surface area contributed by atoms with Gasteiger partial charge < -0.3 is 10.5 Å². The van der Waals surface area contributed by atoms with Crippen LogP contribution in [0.1, 0.15) is 45.1 Å². The smallest absolute Gasteiger partial charge is 0.0710 e. The summed E-state index contributed by atoms with van der Waals surface area (Å²) >= 11 is 0. The van der Waals surface area contributed by atoms with E-state index in [0.717, 1.165) is 24.8 Å². The van der Waals surface area contributed by atoms with Gasteiger partial charge in [-0.15, -0.1) is 0 Å². The van der Waals surface area contributed by atoms with E-state index in [9.17, 15) is 0 Å². The molecule has 2 fully saturated rings. The molecule has 1 aromatic rings. The van der Waals surface area contributed by atoms with Crippen molar-refractivity contribution < 1.29 is 4.74 Å². The zero-order valence-corrected chi connectivity index (χ0v) is 12.6. The van der Waals surface area contributed by atoms with Crippen molar-refractivity contribution in [2.24, 2.45) is 0 Å². The Morgan fingerprint density at radius 2 is 2.10 bits per heavy atom. The van der Waals surface area contributed by atoms with Crippen molar-refractivity contribution in [2.45, 2.75) is 63.8 Å². The van der Waals surface area contributed by atoms with Gasteiger partial charge in [0.1, 0.15) is 0 Å². The average molecular weight is 274 g/mol. The summed E-state index contributed by atoms with van der Waals surface area (Å²) in [7, 11) is 0. The maximum atomic E-state index is 6.15. The minimum Gasteiger partial charge on any atom is -0.399 e. The highest BCUT2D eigenvalue weighted by Gasteiger charge is 2.36. The monoisotopic (exact) mass is 274 g/mol. The summed E-state index contributed by atoms with van der Waals surface area (Å²) in [6, 6.07) is 9.02. The molecule has 0 bridgehead atoms. The molecule has 1 aromatic carbocycles. The van der Waals surface area contributed by atoms with Crippen LogP contribution in [0.15, 0.2) is 24.3 Å². The van der Waals surface area contributed by atoms with Crippen LogP contribution < -0.4 is 5.73 Å². The highest BCUT2D eigenvalue weighted by atomic mass is 16.5. The fourth-order valence-electron chi connectivity index (χ4n) is 3.18. The van der Waals surface area contributed by atoms with Crippen LogP contribution >= 0.6 is 0 Å². The molecule has 1 aliphatic heterocycles. The Balaban J connectivity index is 1.62. The number of benzene rings is 1. The Hall–Kier alpha value is -1.06. The predicted molar refractivity (Wildman–Crippen MR) is 82.5 cm³/mol. The van der Waals surface area contributed by atoms with Crippen LogP contribution in [0.2, 0.25) is 0 Å². The van der Waals surface area contributed by atoms with Crippen molar-refractivity contribution >= 4 is 5.69 Å². The van der Waals surface area contributed by atoms with Crippen LogP contribution in [0.4, 0.5) is 5.69 Å². The van der Waals surface area contributed by atoms with Crippen molar-refractivity contribution in [3.63, 3.8) is 0 Å². The first-order valence-electron chi connectivity index (χ1n) is 7.78. The fraction of sp³-hybridized carbons (Fsp3) is 0.647. The van der Waals surface area contributed by atoms with Gasteiger partial charge in [0.2, 0.25) is 0 Å². The number of rotatable bonds is 5. The molecule has 0 radical (unpaired) electrons. The van der Waals surface area contributed by atoms with Gasteiger partial charge in [-0.05, 0) is 57.2 Å². The summed E-state index contributed by atoms with van der Waals surface area (Å²) in [6.07, 6.45) is 5.42. The summed E-state index contributed by atoms with van der Waals surface area (Å²) in [5.74, 6) is 0. The second-order valence-corrected chi connectivity index (χ2v) is 6.94. The average Bonchev–Trinajstić information content (AvgIpc) is 3.14. The Kier molecular flexibility index (Phi) is 3.74. The lowest BCUT2D eigenvalue weighted by molar-refractivity contribution is -0.0306. The van der Waals surface area contributed by atoms with E-state index in [1.165, 1.54) is 31.2 Å². The summed E-state index contributed by atoms with van der Waals surface area (Å²) in [5, 5.41) is 0. The Morgan fingerprint density at radius 3 is 2.70 bits per heavy atom. The van der Waals surface area contributed by atoms with E-state index < -0.39 is 0 Å². The van der Waals surface area contributed by atoms with Crippen molar-refractivity contribution in [1.29, 1.82) is 0 Å². The largest absolute Gasteiger partial charge is 0.399 e. The molecule has 0 amide bonds. The van der Waals surface area contributed by atoms with Crippen molar-refractivity contribution in [3.05, 3.63) is 29.8 Å². The number of ether oxygens (including phenoxy) is 1. The number of nitrogens with two attached hydrogens (primary N) is 1. The molecule has 1 aliphatic carbocycles. The predicted octanol–water partition coefficient (Wildman–Crippen LogP) is 3.19. The maximum Gasteiger partial charge on any atom is 0.0710 e. The molecule has 1 unspecified atom stereocenters. The topological polar surface area (TPSA) is 38.5 Å². The summed E-state index contributed by atoms with van der Waals surface area (Å²) in [4.78, 5) is 2.58. The molecule has 1 heterocycles. The molecule has 3 rings (SSSR count). The van der Waals surface area contributed by atoms with E-state index in [0.29, 0.717) is 6.10 Å². The van der Waals surface area contributed by atoms with E-state index in [1.807, 2.05) is 12.1 Å². The van der Waals surface area contributed by atoms with Gasteiger partial charge in [-0.25, -0.2) is 0 Å². The number of hydrogen-bond acceptors (Lipinski definition) is 3. The SMILES string of the molecule is CC1(C)CCC(CN(Cc2cccc(N)c2)C2CC2)O1. The van der Waals surface area contributed by atoms with Gasteiger partial charge in [0.25, 0.3) is 0 Å². The van der Waals surface area contributed by atoms with Crippen LogP contribution in [0.25, 0.3) is 0 Å². The summed E-state index contributed by atoms with van der Waals surface area (Å²) in [5.41, 5.74) is 8.12. The first kappa shape index (κ1) is 13.9. The van der Waals surface area contributed by atoms with Crippen LogP contribution in [0.3, 0.4) is 0 Å². The van der Waals surface area contributed by atoms with Gasteiger partial charge in [-0.1, -0.05) is 12.1 Å². The number of nitrogens with zero attached hydrogens (tertiary/aromatic N) is 1. The van der Waals surface area contributed by atoms with E-state index in [1.54, 1.807) is 0 Å². The first-order chi connectivity index (χ1) is 9.52. The van der Waals surface area contributed by atoms with Crippen LogP contribution in [-0.2, 0) is 11.3 Å². The third-order valence-corrected chi connectivity index (χ3v) is 4.39. The molecule has 2 aliphatic rings. The number of hydrogen-bond donors (Lipinski definition) is 1. The molecule has 0 spiro atoms. The van der Waals surface area contributed by atoms with Crippen molar-refractivity contribution in [2.75, 3.05) is 12.3 Å². The molecule has 2 N–H and O–H groups in total. The Labute approximate surface area is 122 Å². The molecule has 3 nitrogen and oxygen atoms in total. The van der Waals surface area contributed by atoms with Gasteiger partial charge in [-0.3, -0.25) is 4.90 Å². The van der Waals surface area contributed by atoms with E-state index >= 15 is 0 Å². The lowest BCUT2D eigenvalue weighted by Crippen LogP contribution is -2.35. The van der Waals surface area contributed by atoms with Crippen LogP contribution in [0.5, 0.6) is 0 Å². The maximum absolute atomic E-state index is 6.15. The minimum atomic E-state index is 0.0665. The second kappa shape index (κ2) is 5.38. The molecular weight excluding hydrogens is 248 g/mol. The Bertz CT molecular complexity index is 468.